The van der Waals surface area contributed by atoms with Crippen molar-refractivity contribution < 1.29 is 23.1 Å². The molecule has 0 spiro atoms. The van der Waals surface area contributed by atoms with Crippen molar-refractivity contribution in [1.82, 2.24) is 4.31 Å². The summed E-state index contributed by atoms with van der Waals surface area (Å²) in [5, 5.41) is 15.7. The zero-order chi connectivity index (χ0) is 23.4. The Morgan fingerprint density at radius 1 is 1.22 bits per heavy atom. The molecule has 0 radical (unpaired) electrons. The number of carbonyl (C=O) groups is 2. The van der Waals surface area contributed by atoms with Crippen LogP contribution in [-0.2, 0) is 14.8 Å². The molecule has 1 fully saturated rings. The van der Waals surface area contributed by atoms with Gasteiger partial charge in [0.15, 0.2) is 5.78 Å². The van der Waals surface area contributed by atoms with Crippen LogP contribution in [0.5, 0.6) is 0 Å². The van der Waals surface area contributed by atoms with Crippen molar-refractivity contribution in [2.24, 2.45) is 22.6 Å². The van der Waals surface area contributed by atoms with Crippen LogP contribution in [-0.4, -0.2) is 48.1 Å². The first-order chi connectivity index (χ1) is 15.2. The molecule has 0 aliphatic carbocycles. The highest BCUT2D eigenvalue weighted by atomic mass is 32.2. The number of sulfonamides is 1. The SMILES string of the molecule is NN=CNc1cccc(C(=O)C2CCCN(S(=O)(=O)c3ccccc3)C2(N)CC(=O)O)c1. The Hall–Kier alpha value is -3.28. The number of aliphatic carboxylic acids is 1. The molecule has 3 rings (SSSR count). The number of hydrogen-bond acceptors (Lipinski definition) is 7. The topological polar surface area (TPSA) is 168 Å². The Bertz CT molecular complexity index is 1120. The maximum atomic E-state index is 13.5. The van der Waals surface area contributed by atoms with Gasteiger partial charge in [0.25, 0.3) is 0 Å². The van der Waals surface area contributed by atoms with Crippen molar-refractivity contribution in [3.63, 3.8) is 0 Å². The highest BCUT2D eigenvalue weighted by molar-refractivity contribution is 7.89. The van der Waals surface area contributed by atoms with Gasteiger partial charge in [-0.2, -0.15) is 9.41 Å². The summed E-state index contributed by atoms with van der Waals surface area (Å²) < 4.78 is 27.7. The lowest BCUT2D eigenvalue weighted by molar-refractivity contribution is -0.140. The summed E-state index contributed by atoms with van der Waals surface area (Å²) in [5.74, 6) is 2.30. The van der Waals surface area contributed by atoms with Crippen molar-refractivity contribution in [3.8, 4) is 0 Å². The molecule has 1 heterocycles. The van der Waals surface area contributed by atoms with E-state index in [1.54, 1.807) is 42.5 Å². The number of hydrazone groups is 1. The Labute approximate surface area is 186 Å². The van der Waals surface area contributed by atoms with Crippen LogP contribution in [0.4, 0.5) is 5.69 Å². The molecule has 170 valence electrons. The van der Waals surface area contributed by atoms with Gasteiger partial charge in [-0.15, -0.1) is 0 Å². The molecule has 1 saturated heterocycles. The van der Waals surface area contributed by atoms with Crippen molar-refractivity contribution in [2.45, 2.75) is 29.8 Å². The van der Waals surface area contributed by atoms with Crippen LogP contribution in [0.3, 0.4) is 0 Å². The summed E-state index contributed by atoms with van der Waals surface area (Å²) in [7, 11) is -4.13. The third-order valence-electron chi connectivity index (χ3n) is 5.46. The van der Waals surface area contributed by atoms with Crippen LogP contribution < -0.4 is 16.9 Å². The molecule has 0 saturated carbocycles. The molecular formula is C21H25N5O5S. The number of hydrogen-bond donors (Lipinski definition) is 4. The maximum Gasteiger partial charge on any atom is 0.306 e. The monoisotopic (exact) mass is 459 g/mol. The second-order valence-corrected chi connectivity index (χ2v) is 9.38. The van der Waals surface area contributed by atoms with Gasteiger partial charge in [-0.1, -0.05) is 30.3 Å². The van der Waals surface area contributed by atoms with Crippen LogP contribution in [0.25, 0.3) is 0 Å². The van der Waals surface area contributed by atoms with Crippen molar-refractivity contribution >= 4 is 33.8 Å². The van der Waals surface area contributed by atoms with Gasteiger partial charge in [0.1, 0.15) is 12.0 Å². The minimum Gasteiger partial charge on any atom is -0.481 e. The fourth-order valence-corrected chi connectivity index (χ4v) is 5.79. The number of nitrogens with two attached hydrogens (primary N) is 2. The highest BCUT2D eigenvalue weighted by Crippen LogP contribution is 2.38. The first-order valence-corrected chi connectivity index (χ1v) is 11.4. The fraction of sp³-hybridized carbons (Fsp3) is 0.286. The second kappa shape index (κ2) is 9.47. The highest BCUT2D eigenvalue weighted by Gasteiger charge is 2.52. The van der Waals surface area contributed by atoms with Gasteiger partial charge in [-0.05, 0) is 37.1 Å². The minimum absolute atomic E-state index is 0.0132. The molecule has 32 heavy (non-hydrogen) atoms. The van der Waals surface area contributed by atoms with Gasteiger partial charge in [0.2, 0.25) is 10.0 Å². The zero-order valence-electron chi connectivity index (χ0n) is 17.2. The molecule has 1 aliphatic heterocycles. The Morgan fingerprint density at radius 3 is 2.59 bits per heavy atom. The van der Waals surface area contributed by atoms with E-state index in [0.29, 0.717) is 12.1 Å². The Morgan fingerprint density at radius 2 is 1.94 bits per heavy atom. The molecule has 0 bridgehead atoms. The Balaban J connectivity index is 2.03. The third-order valence-corrected chi connectivity index (χ3v) is 7.43. The van der Waals surface area contributed by atoms with E-state index in [9.17, 15) is 23.1 Å². The summed E-state index contributed by atoms with van der Waals surface area (Å²) in [6.45, 7) is 0.0132. The van der Waals surface area contributed by atoms with E-state index in [1.807, 2.05) is 0 Å². The lowest BCUT2D eigenvalue weighted by Gasteiger charge is -2.47. The number of piperidine rings is 1. The summed E-state index contributed by atoms with van der Waals surface area (Å²) >= 11 is 0. The quantitative estimate of drug-likeness (QED) is 0.151. The minimum atomic E-state index is -4.13. The van der Waals surface area contributed by atoms with E-state index in [-0.39, 0.29) is 23.4 Å². The molecule has 6 N–H and O–H groups in total. The van der Waals surface area contributed by atoms with Crippen LogP contribution in [0.15, 0.2) is 64.6 Å². The first kappa shape index (κ1) is 23.4. The molecule has 2 aromatic carbocycles. The van der Waals surface area contributed by atoms with Gasteiger partial charge in [-0.3, -0.25) is 9.59 Å². The lowest BCUT2D eigenvalue weighted by atomic mass is 9.78. The number of rotatable bonds is 8. The normalized spacial score (nSPS) is 22.0. The van der Waals surface area contributed by atoms with Gasteiger partial charge < -0.3 is 22.0 Å². The van der Waals surface area contributed by atoms with Crippen LogP contribution in [0.1, 0.15) is 29.6 Å². The van der Waals surface area contributed by atoms with E-state index in [1.165, 1.54) is 18.5 Å². The summed E-state index contributed by atoms with van der Waals surface area (Å²) in [6, 6.07) is 14.1. The van der Waals surface area contributed by atoms with Crippen molar-refractivity contribution in [3.05, 3.63) is 60.2 Å². The molecule has 2 unspecified atom stereocenters. The van der Waals surface area contributed by atoms with Crippen molar-refractivity contribution in [2.75, 3.05) is 11.9 Å². The number of benzene rings is 2. The van der Waals surface area contributed by atoms with E-state index in [4.69, 9.17) is 11.6 Å². The largest absolute Gasteiger partial charge is 0.481 e. The molecule has 2 atom stereocenters. The number of carboxylic acids is 1. The van der Waals surface area contributed by atoms with Gasteiger partial charge in [0.05, 0.1) is 17.2 Å². The van der Waals surface area contributed by atoms with Crippen molar-refractivity contribution in [1.29, 1.82) is 0 Å². The van der Waals surface area contributed by atoms with Crippen LogP contribution in [0.2, 0.25) is 0 Å². The number of Topliss-reactive ketones (excluding diaryl/α,β-unsaturated/α-hetero) is 1. The summed E-state index contributed by atoms with van der Waals surface area (Å²) in [5.41, 5.74) is 5.39. The molecule has 0 amide bonds. The number of ketones is 1. The van der Waals surface area contributed by atoms with Gasteiger partial charge in [0, 0.05) is 17.8 Å². The third kappa shape index (κ3) is 4.64. The number of anilines is 1. The molecule has 0 aromatic heterocycles. The number of carboxylic acid groups (broad SMARTS) is 1. The average molecular weight is 460 g/mol. The first-order valence-electron chi connectivity index (χ1n) is 9.91. The molecule has 11 heteroatoms. The number of nitrogens with zero attached hydrogens (tertiary/aromatic N) is 2. The molecular weight excluding hydrogens is 434 g/mol. The van der Waals surface area contributed by atoms with Crippen LogP contribution in [0, 0.1) is 5.92 Å². The van der Waals surface area contributed by atoms with Gasteiger partial charge >= 0.3 is 5.97 Å². The predicted octanol–water partition coefficient (Wildman–Crippen LogP) is 1.41. The lowest BCUT2D eigenvalue weighted by Crippen LogP contribution is -2.67. The number of carbonyl (C=O) groups excluding carboxylic acids is 1. The fourth-order valence-electron chi connectivity index (χ4n) is 4.02. The summed E-state index contributed by atoms with van der Waals surface area (Å²) in [6.07, 6.45) is 1.15. The second-order valence-electron chi connectivity index (χ2n) is 7.51. The predicted molar refractivity (Wildman–Crippen MR) is 119 cm³/mol. The summed E-state index contributed by atoms with van der Waals surface area (Å²) in [4.78, 5) is 25.1. The maximum absolute atomic E-state index is 13.5. The Kier molecular flexibility index (Phi) is 6.92. The van der Waals surface area contributed by atoms with Crippen LogP contribution >= 0.6 is 0 Å². The molecule has 1 aliphatic rings. The molecule has 2 aromatic rings. The van der Waals surface area contributed by atoms with E-state index in [0.717, 1.165) is 4.31 Å². The van der Waals surface area contributed by atoms with E-state index >= 15 is 0 Å². The standard InChI is InChI=1S/C21H25N5O5S/c22-21(13-19(27)28)18(20(29)15-6-4-7-16(12-15)24-14-25-23)10-5-11-26(21)32(30,31)17-8-2-1-3-9-17/h1-4,6-9,12,14,18H,5,10-11,13,22-23H2,(H,24,25)(H,27,28). The number of nitrogens with one attached hydrogen (secondary N) is 1. The smallest absolute Gasteiger partial charge is 0.306 e. The molecule has 10 nitrogen and oxygen atoms in total. The zero-order valence-corrected chi connectivity index (χ0v) is 18.0. The van der Waals surface area contributed by atoms with E-state index in [2.05, 4.69) is 10.4 Å². The average Bonchev–Trinajstić information content (AvgIpc) is 2.77. The van der Waals surface area contributed by atoms with E-state index < -0.39 is 39.8 Å². The van der Waals surface area contributed by atoms with Gasteiger partial charge in [-0.25, -0.2) is 8.42 Å².